The number of ether oxygens (including phenoxy) is 1. The second-order valence-corrected chi connectivity index (χ2v) is 5.04. The Labute approximate surface area is 110 Å². The number of anilines is 1. The zero-order valence-electron chi connectivity index (χ0n) is 11.8. The Morgan fingerprint density at radius 1 is 1.11 bits per heavy atom. The summed E-state index contributed by atoms with van der Waals surface area (Å²) in [6, 6.07) is 6.59. The quantitative estimate of drug-likeness (QED) is 0.811. The van der Waals surface area contributed by atoms with E-state index in [0.717, 1.165) is 39.3 Å². The van der Waals surface area contributed by atoms with Crippen molar-refractivity contribution in [2.75, 3.05) is 51.3 Å². The maximum Gasteiger partial charge on any atom is 0.0589 e. The molecule has 1 aromatic rings. The first kappa shape index (κ1) is 13.4. The minimum Gasteiger partial charge on any atom is -0.383 e. The van der Waals surface area contributed by atoms with Gasteiger partial charge in [0.05, 0.1) is 6.61 Å². The van der Waals surface area contributed by atoms with Gasteiger partial charge in [0.2, 0.25) is 0 Å². The van der Waals surface area contributed by atoms with Crippen LogP contribution in [-0.2, 0) is 4.74 Å². The Hall–Kier alpha value is -1.06. The van der Waals surface area contributed by atoms with Crippen molar-refractivity contribution in [1.82, 2.24) is 4.90 Å². The van der Waals surface area contributed by atoms with Gasteiger partial charge in [0.25, 0.3) is 0 Å². The monoisotopic (exact) mass is 248 g/mol. The lowest BCUT2D eigenvalue weighted by atomic mass is 10.1. The van der Waals surface area contributed by atoms with Crippen LogP contribution >= 0.6 is 0 Å². The average Bonchev–Trinajstić information content (AvgIpc) is 2.40. The summed E-state index contributed by atoms with van der Waals surface area (Å²) < 4.78 is 5.14. The van der Waals surface area contributed by atoms with Crippen LogP contribution in [0.5, 0.6) is 0 Å². The van der Waals surface area contributed by atoms with Crippen molar-refractivity contribution < 1.29 is 4.74 Å². The zero-order chi connectivity index (χ0) is 13.0. The third-order valence-electron chi connectivity index (χ3n) is 3.90. The van der Waals surface area contributed by atoms with Crippen molar-refractivity contribution in [3.63, 3.8) is 0 Å². The van der Waals surface area contributed by atoms with Crippen LogP contribution in [0, 0.1) is 13.8 Å². The van der Waals surface area contributed by atoms with Gasteiger partial charge in [0, 0.05) is 45.5 Å². The molecule has 0 amide bonds. The van der Waals surface area contributed by atoms with Crippen LogP contribution in [0.3, 0.4) is 0 Å². The summed E-state index contributed by atoms with van der Waals surface area (Å²) in [7, 11) is 1.77. The summed E-state index contributed by atoms with van der Waals surface area (Å²) in [5.41, 5.74) is 4.21. The van der Waals surface area contributed by atoms with Crippen LogP contribution < -0.4 is 4.90 Å². The number of benzene rings is 1. The predicted octanol–water partition coefficient (Wildman–Crippen LogP) is 2.07. The highest BCUT2D eigenvalue weighted by Gasteiger charge is 2.18. The van der Waals surface area contributed by atoms with E-state index >= 15 is 0 Å². The molecule has 0 aromatic heterocycles. The topological polar surface area (TPSA) is 15.7 Å². The van der Waals surface area contributed by atoms with Crippen molar-refractivity contribution in [1.29, 1.82) is 0 Å². The molecule has 0 spiro atoms. The average molecular weight is 248 g/mol. The Morgan fingerprint density at radius 3 is 2.50 bits per heavy atom. The number of hydrogen-bond donors (Lipinski definition) is 0. The lowest BCUT2D eigenvalue weighted by Gasteiger charge is -2.36. The third kappa shape index (κ3) is 3.03. The molecule has 1 fully saturated rings. The molecule has 0 bridgehead atoms. The summed E-state index contributed by atoms with van der Waals surface area (Å²) in [6.07, 6.45) is 0. The molecule has 3 heteroatoms. The van der Waals surface area contributed by atoms with Crippen LogP contribution in [0.1, 0.15) is 11.1 Å². The molecular formula is C15H24N2O. The van der Waals surface area contributed by atoms with Gasteiger partial charge in [-0.3, -0.25) is 4.90 Å². The van der Waals surface area contributed by atoms with Gasteiger partial charge in [-0.05, 0) is 31.0 Å². The molecule has 1 saturated heterocycles. The molecule has 0 N–H and O–H groups in total. The van der Waals surface area contributed by atoms with Gasteiger partial charge >= 0.3 is 0 Å². The Bertz CT molecular complexity index is 384. The second-order valence-electron chi connectivity index (χ2n) is 5.04. The number of rotatable bonds is 4. The minimum absolute atomic E-state index is 0.837. The van der Waals surface area contributed by atoms with Gasteiger partial charge in [0.15, 0.2) is 0 Å². The van der Waals surface area contributed by atoms with Gasteiger partial charge in [-0.15, -0.1) is 0 Å². The standard InChI is InChI=1S/C15H24N2O/c1-13-5-4-6-15(14(13)2)17-9-7-16(8-10-17)11-12-18-3/h4-6H,7-12H2,1-3H3. The third-order valence-corrected chi connectivity index (χ3v) is 3.90. The molecule has 1 aliphatic rings. The molecule has 100 valence electrons. The summed E-state index contributed by atoms with van der Waals surface area (Å²) >= 11 is 0. The van der Waals surface area contributed by atoms with E-state index in [4.69, 9.17) is 4.74 Å². The molecule has 0 atom stereocenters. The van der Waals surface area contributed by atoms with Crippen LogP contribution in [0.2, 0.25) is 0 Å². The van der Waals surface area contributed by atoms with Gasteiger partial charge in [0.1, 0.15) is 0 Å². The molecule has 3 nitrogen and oxygen atoms in total. The highest BCUT2D eigenvalue weighted by Crippen LogP contribution is 2.23. The van der Waals surface area contributed by atoms with Gasteiger partial charge in [-0.25, -0.2) is 0 Å². The van der Waals surface area contributed by atoms with E-state index in [1.165, 1.54) is 16.8 Å². The van der Waals surface area contributed by atoms with Gasteiger partial charge < -0.3 is 9.64 Å². The van der Waals surface area contributed by atoms with Gasteiger partial charge in [-0.1, -0.05) is 12.1 Å². The molecule has 18 heavy (non-hydrogen) atoms. The predicted molar refractivity (Wildman–Crippen MR) is 76.4 cm³/mol. The van der Waals surface area contributed by atoms with E-state index in [-0.39, 0.29) is 0 Å². The lowest BCUT2D eigenvalue weighted by molar-refractivity contribution is 0.144. The summed E-state index contributed by atoms with van der Waals surface area (Å²) in [4.78, 5) is 4.98. The van der Waals surface area contributed by atoms with Crippen molar-refractivity contribution >= 4 is 5.69 Å². The van der Waals surface area contributed by atoms with E-state index in [0.29, 0.717) is 0 Å². The Morgan fingerprint density at radius 2 is 1.83 bits per heavy atom. The summed E-state index contributed by atoms with van der Waals surface area (Å²) in [5.74, 6) is 0. The fourth-order valence-electron chi connectivity index (χ4n) is 2.51. The van der Waals surface area contributed by atoms with Gasteiger partial charge in [-0.2, -0.15) is 0 Å². The molecule has 0 aliphatic carbocycles. The summed E-state index contributed by atoms with van der Waals surface area (Å²) in [6.45, 7) is 10.8. The highest BCUT2D eigenvalue weighted by atomic mass is 16.5. The molecular weight excluding hydrogens is 224 g/mol. The largest absolute Gasteiger partial charge is 0.383 e. The van der Waals surface area contributed by atoms with Crippen LogP contribution in [0.25, 0.3) is 0 Å². The smallest absolute Gasteiger partial charge is 0.0589 e. The highest BCUT2D eigenvalue weighted by molar-refractivity contribution is 5.56. The SMILES string of the molecule is COCCN1CCN(c2cccc(C)c2C)CC1. The molecule has 1 aliphatic heterocycles. The maximum atomic E-state index is 5.14. The zero-order valence-corrected chi connectivity index (χ0v) is 11.8. The summed E-state index contributed by atoms with van der Waals surface area (Å²) in [5, 5.41) is 0. The fourth-order valence-corrected chi connectivity index (χ4v) is 2.51. The number of nitrogens with zero attached hydrogens (tertiary/aromatic N) is 2. The first-order valence-electron chi connectivity index (χ1n) is 6.75. The van der Waals surface area contributed by atoms with E-state index in [9.17, 15) is 0 Å². The van der Waals surface area contributed by atoms with Crippen LogP contribution in [0.15, 0.2) is 18.2 Å². The van der Waals surface area contributed by atoms with E-state index in [2.05, 4.69) is 41.8 Å². The molecule has 1 aromatic carbocycles. The number of piperazine rings is 1. The van der Waals surface area contributed by atoms with Crippen molar-refractivity contribution in [2.24, 2.45) is 0 Å². The molecule has 1 heterocycles. The number of hydrogen-bond acceptors (Lipinski definition) is 3. The Kier molecular flexibility index (Phi) is 4.61. The normalized spacial score (nSPS) is 17.2. The fraction of sp³-hybridized carbons (Fsp3) is 0.600. The van der Waals surface area contributed by atoms with Crippen LogP contribution in [-0.4, -0.2) is 51.3 Å². The first-order valence-corrected chi connectivity index (χ1v) is 6.75. The van der Waals surface area contributed by atoms with Crippen molar-refractivity contribution in [3.8, 4) is 0 Å². The van der Waals surface area contributed by atoms with E-state index < -0.39 is 0 Å². The van der Waals surface area contributed by atoms with Crippen molar-refractivity contribution in [3.05, 3.63) is 29.3 Å². The number of methoxy groups -OCH3 is 1. The van der Waals surface area contributed by atoms with E-state index in [1.807, 2.05) is 0 Å². The van der Waals surface area contributed by atoms with E-state index in [1.54, 1.807) is 7.11 Å². The number of aryl methyl sites for hydroxylation is 1. The Balaban J connectivity index is 1.95. The molecule has 0 saturated carbocycles. The molecule has 0 unspecified atom stereocenters. The molecule has 2 rings (SSSR count). The molecule has 0 radical (unpaired) electrons. The lowest BCUT2D eigenvalue weighted by Crippen LogP contribution is -2.47. The maximum absolute atomic E-state index is 5.14. The second kappa shape index (κ2) is 6.21. The minimum atomic E-state index is 0.837. The van der Waals surface area contributed by atoms with Crippen molar-refractivity contribution in [2.45, 2.75) is 13.8 Å². The first-order chi connectivity index (χ1) is 8.72. The van der Waals surface area contributed by atoms with Crippen LogP contribution in [0.4, 0.5) is 5.69 Å².